The van der Waals surface area contributed by atoms with Gasteiger partial charge in [-0.05, 0) is 70.0 Å². The van der Waals surface area contributed by atoms with Gasteiger partial charge in [0.15, 0.2) is 0 Å². The highest BCUT2D eigenvalue weighted by Crippen LogP contribution is 2.17. The molecule has 0 bridgehead atoms. The molecule has 1 aromatic carbocycles. The molecule has 0 spiro atoms. The molecule has 0 saturated heterocycles. The molecule has 0 fully saturated rings. The number of hydrogen-bond acceptors (Lipinski definition) is 2. The Morgan fingerprint density at radius 1 is 0.875 bits per heavy atom. The summed E-state index contributed by atoms with van der Waals surface area (Å²) in [6.45, 7) is 24.3. The third-order valence-corrected chi connectivity index (χ3v) is 3.46. The lowest BCUT2D eigenvalue weighted by atomic mass is 10.0. The van der Waals surface area contributed by atoms with Gasteiger partial charge in [-0.25, -0.2) is 0 Å². The molecule has 2 heteroatoms. The molecule has 0 amide bonds. The third kappa shape index (κ3) is 13.8. The third-order valence-electron chi connectivity index (χ3n) is 3.46. The van der Waals surface area contributed by atoms with Crippen LogP contribution in [-0.2, 0) is 0 Å². The van der Waals surface area contributed by atoms with Gasteiger partial charge in [0.2, 0.25) is 0 Å². The van der Waals surface area contributed by atoms with E-state index in [1.54, 1.807) is 18.4 Å². The first-order chi connectivity index (χ1) is 15.5. The standard InChI is InChI=1S/C14H17N.C8H6O.2C3H6.C2H6/c1-5-7-8-13(6-2)14-9-11(3)15-12(4)10-14;1-2-4-8-7(3-1)5-6-9-8;2*1-3-2;1-2/h5-10H,2H2,1,3-4H3;1-6H;2*3H,1H2,2H3;1-2H3/b7-5-,13-8+;;;;. The van der Waals surface area contributed by atoms with Crippen LogP contribution in [0.5, 0.6) is 0 Å². The van der Waals surface area contributed by atoms with Crippen LogP contribution >= 0.6 is 0 Å². The minimum Gasteiger partial charge on any atom is -0.464 e. The van der Waals surface area contributed by atoms with Crippen LogP contribution in [0.2, 0.25) is 0 Å². The molecular weight excluding hydrogens is 390 g/mol. The Balaban J connectivity index is 0. The second-order valence-electron chi connectivity index (χ2n) is 6.27. The fourth-order valence-electron chi connectivity index (χ4n) is 2.39. The van der Waals surface area contributed by atoms with Crippen LogP contribution < -0.4 is 0 Å². The zero-order valence-corrected chi connectivity index (χ0v) is 21.1. The van der Waals surface area contributed by atoms with E-state index in [0.29, 0.717) is 0 Å². The monoisotopic (exact) mass is 431 g/mol. The van der Waals surface area contributed by atoms with Crippen LogP contribution in [0.25, 0.3) is 16.5 Å². The van der Waals surface area contributed by atoms with Gasteiger partial charge in [0.05, 0.1) is 6.26 Å². The predicted octanol–water partition coefficient (Wildman–Crippen LogP) is 9.69. The lowest BCUT2D eigenvalue weighted by Crippen LogP contribution is -1.89. The number of rotatable bonds is 3. The number of fused-ring (bicyclic) bond motifs is 1. The summed E-state index contributed by atoms with van der Waals surface area (Å²) in [5, 5.41) is 1.16. The number of aryl methyl sites for hydroxylation is 2. The maximum atomic E-state index is 5.12. The maximum Gasteiger partial charge on any atom is 0.133 e. The van der Waals surface area contributed by atoms with Crippen molar-refractivity contribution >= 4 is 16.5 Å². The van der Waals surface area contributed by atoms with Crippen molar-refractivity contribution in [2.24, 2.45) is 0 Å². The summed E-state index contributed by atoms with van der Waals surface area (Å²) in [5.41, 5.74) is 5.34. The Labute approximate surface area is 196 Å². The average molecular weight is 432 g/mol. The van der Waals surface area contributed by atoms with E-state index in [4.69, 9.17) is 4.42 Å². The van der Waals surface area contributed by atoms with Gasteiger partial charge in [-0.3, -0.25) is 4.98 Å². The quantitative estimate of drug-likeness (QED) is 0.305. The van der Waals surface area contributed by atoms with Crippen LogP contribution in [0.3, 0.4) is 0 Å². The molecule has 0 radical (unpaired) electrons. The summed E-state index contributed by atoms with van der Waals surface area (Å²) in [6.07, 6.45) is 13.1. The van der Waals surface area contributed by atoms with E-state index in [0.717, 1.165) is 27.9 Å². The van der Waals surface area contributed by atoms with Gasteiger partial charge >= 0.3 is 0 Å². The molecular formula is C30H41NO. The van der Waals surface area contributed by atoms with E-state index in [2.05, 4.69) is 42.9 Å². The first-order valence-electron chi connectivity index (χ1n) is 10.9. The highest BCUT2D eigenvalue weighted by atomic mass is 16.3. The van der Waals surface area contributed by atoms with Gasteiger partial charge in [0, 0.05) is 16.8 Å². The lowest BCUT2D eigenvalue weighted by molar-refractivity contribution is 0.616. The van der Waals surface area contributed by atoms with E-state index in [1.165, 1.54) is 5.56 Å². The van der Waals surface area contributed by atoms with Crippen molar-refractivity contribution in [1.29, 1.82) is 0 Å². The van der Waals surface area contributed by atoms with Crippen LogP contribution in [0.15, 0.2) is 109 Å². The Kier molecular flexibility index (Phi) is 20.1. The topological polar surface area (TPSA) is 26.0 Å². The van der Waals surface area contributed by atoms with E-state index in [-0.39, 0.29) is 0 Å². The smallest absolute Gasteiger partial charge is 0.133 e. The van der Waals surface area contributed by atoms with Gasteiger partial charge in [-0.1, -0.05) is 75.1 Å². The SMILES string of the molecule is C=C/C(=C\C=C/C)c1cc(C)nc(C)c1.C=CC.C=CC.CC.c1ccc2occc2c1. The van der Waals surface area contributed by atoms with Gasteiger partial charge in [0.25, 0.3) is 0 Å². The summed E-state index contributed by atoms with van der Waals surface area (Å²) >= 11 is 0. The van der Waals surface area contributed by atoms with Crippen molar-refractivity contribution in [1.82, 2.24) is 4.98 Å². The number of allylic oxidation sites excluding steroid dienone is 7. The first-order valence-corrected chi connectivity index (χ1v) is 10.9. The predicted molar refractivity (Wildman–Crippen MR) is 146 cm³/mol. The zero-order chi connectivity index (χ0) is 24.8. The van der Waals surface area contributed by atoms with Crippen LogP contribution in [0.1, 0.15) is 51.6 Å². The van der Waals surface area contributed by atoms with Gasteiger partial charge in [-0.15, -0.1) is 13.2 Å². The number of nitrogens with zero attached hydrogens (tertiary/aromatic N) is 1. The van der Waals surface area contributed by atoms with Crippen molar-refractivity contribution in [3.63, 3.8) is 0 Å². The molecule has 2 aromatic heterocycles. The van der Waals surface area contributed by atoms with E-state index < -0.39 is 0 Å². The summed E-state index contributed by atoms with van der Waals surface area (Å²) in [7, 11) is 0. The Morgan fingerprint density at radius 2 is 1.41 bits per heavy atom. The van der Waals surface area contributed by atoms with Crippen LogP contribution in [-0.4, -0.2) is 4.98 Å². The zero-order valence-electron chi connectivity index (χ0n) is 21.1. The molecule has 0 aliphatic rings. The molecule has 3 aromatic rings. The fraction of sp³-hybridized carbons (Fsp3) is 0.233. The number of hydrogen-bond donors (Lipinski definition) is 0. The van der Waals surface area contributed by atoms with Gasteiger partial charge in [-0.2, -0.15) is 0 Å². The van der Waals surface area contributed by atoms with Gasteiger partial charge in [0.1, 0.15) is 5.58 Å². The number of para-hydroxylation sites is 1. The molecule has 172 valence electrons. The Morgan fingerprint density at radius 3 is 1.88 bits per heavy atom. The summed E-state index contributed by atoms with van der Waals surface area (Å²) in [4.78, 5) is 4.35. The summed E-state index contributed by atoms with van der Waals surface area (Å²) in [5.74, 6) is 0. The summed E-state index contributed by atoms with van der Waals surface area (Å²) < 4.78 is 5.12. The normalized spacial score (nSPS) is 9.53. The Bertz CT molecular complexity index is 901. The van der Waals surface area contributed by atoms with Crippen molar-refractivity contribution in [2.75, 3.05) is 0 Å². The molecule has 0 atom stereocenters. The molecule has 3 rings (SSSR count). The van der Waals surface area contributed by atoms with Crippen molar-refractivity contribution in [2.45, 2.75) is 48.5 Å². The summed E-state index contributed by atoms with van der Waals surface area (Å²) in [6, 6.07) is 14.0. The lowest BCUT2D eigenvalue weighted by Gasteiger charge is -2.04. The minimum atomic E-state index is 0.956. The fourth-order valence-corrected chi connectivity index (χ4v) is 2.39. The molecule has 0 saturated carbocycles. The molecule has 0 unspecified atom stereocenters. The first kappa shape index (κ1) is 30.8. The van der Waals surface area contributed by atoms with E-state index in [9.17, 15) is 0 Å². The molecule has 0 aliphatic carbocycles. The van der Waals surface area contributed by atoms with Crippen molar-refractivity contribution in [3.05, 3.63) is 122 Å². The Hall–Kier alpha value is -3.39. The van der Waals surface area contributed by atoms with E-state index >= 15 is 0 Å². The molecule has 2 heterocycles. The molecule has 32 heavy (non-hydrogen) atoms. The number of benzene rings is 1. The van der Waals surface area contributed by atoms with Crippen LogP contribution in [0.4, 0.5) is 0 Å². The van der Waals surface area contributed by atoms with Gasteiger partial charge < -0.3 is 4.42 Å². The average Bonchev–Trinajstić information content (AvgIpc) is 3.26. The van der Waals surface area contributed by atoms with Crippen LogP contribution in [0, 0.1) is 13.8 Å². The highest BCUT2D eigenvalue weighted by Gasteiger charge is 1.99. The second kappa shape index (κ2) is 20.9. The molecule has 0 aliphatic heterocycles. The minimum absolute atomic E-state index is 0.956. The van der Waals surface area contributed by atoms with Crippen molar-refractivity contribution < 1.29 is 4.42 Å². The maximum absolute atomic E-state index is 5.12. The molecule has 0 N–H and O–H groups in total. The number of aromatic nitrogens is 1. The van der Waals surface area contributed by atoms with Crippen molar-refractivity contribution in [3.8, 4) is 0 Å². The van der Waals surface area contributed by atoms with E-state index in [1.807, 2.05) is 97.0 Å². The number of furan rings is 1. The highest BCUT2D eigenvalue weighted by molar-refractivity contribution is 5.76. The second-order valence-corrected chi connectivity index (χ2v) is 6.27. The number of pyridine rings is 1. The molecule has 2 nitrogen and oxygen atoms in total. The largest absolute Gasteiger partial charge is 0.464 e.